The van der Waals surface area contributed by atoms with Gasteiger partial charge < -0.3 is 9.67 Å². The van der Waals surface area contributed by atoms with E-state index in [1.165, 1.54) is 28.2 Å². The highest BCUT2D eigenvalue weighted by Gasteiger charge is 2.24. The second kappa shape index (κ2) is 4.53. The van der Waals surface area contributed by atoms with Crippen molar-refractivity contribution in [1.82, 2.24) is 4.57 Å². The molecule has 0 saturated heterocycles. The zero-order valence-corrected chi connectivity index (χ0v) is 11.9. The lowest BCUT2D eigenvalue weighted by molar-refractivity contribution is 0.156. The van der Waals surface area contributed by atoms with Gasteiger partial charge in [0.2, 0.25) is 0 Å². The third-order valence-electron chi connectivity index (χ3n) is 4.16. The Morgan fingerprint density at radius 2 is 1.95 bits per heavy atom. The van der Waals surface area contributed by atoms with Gasteiger partial charge in [0.25, 0.3) is 0 Å². The van der Waals surface area contributed by atoms with Gasteiger partial charge in [-0.2, -0.15) is 0 Å². The Bertz CT molecular complexity index is 624. The molecule has 1 aromatic carbocycles. The number of aliphatic hydroxyl groups is 1. The Morgan fingerprint density at radius 1 is 1.16 bits per heavy atom. The SMILES string of the molecule is Cc1ccc(-n2c(C)cc3c2CCCC3O)c(C)c1. The van der Waals surface area contributed by atoms with E-state index in [0.717, 1.165) is 24.8 Å². The van der Waals surface area contributed by atoms with Gasteiger partial charge in [-0.05, 0) is 57.7 Å². The lowest BCUT2D eigenvalue weighted by Gasteiger charge is -2.21. The van der Waals surface area contributed by atoms with Crippen LogP contribution in [0.5, 0.6) is 0 Å². The van der Waals surface area contributed by atoms with Crippen LogP contribution in [0, 0.1) is 20.8 Å². The van der Waals surface area contributed by atoms with Gasteiger partial charge in [-0.1, -0.05) is 17.7 Å². The molecule has 0 saturated carbocycles. The van der Waals surface area contributed by atoms with Gasteiger partial charge in [-0.25, -0.2) is 0 Å². The van der Waals surface area contributed by atoms with E-state index in [1.807, 2.05) is 0 Å². The van der Waals surface area contributed by atoms with E-state index in [4.69, 9.17) is 0 Å². The molecule has 1 aliphatic carbocycles. The molecule has 1 heterocycles. The maximum atomic E-state index is 10.1. The Labute approximate surface area is 114 Å². The minimum atomic E-state index is -0.283. The minimum Gasteiger partial charge on any atom is -0.388 e. The van der Waals surface area contributed by atoms with Gasteiger partial charge >= 0.3 is 0 Å². The minimum absolute atomic E-state index is 0.283. The van der Waals surface area contributed by atoms with Gasteiger partial charge in [-0.15, -0.1) is 0 Å². The molecule has 0 amide bonds. The summed E-state index contributed by atoms with van der Waals surface area (Å²) < 4.78 is 2.33. The summed E-state index contributed by atoms with van der Waals surface area (Å²) in [7, 11) is 0. The van der Waals surface area contributed by atoms with Crippen LogP contribution < -0.4 is 0 Å². The van der Waals surface area contributed by atoms with E-state index in [0.29, 0.717) is 0 Å². The highest BCUT2D eigenvalue weighted by Crippen LogP contribution is 2.34. The Kier molecular flexibility index (Phi) is 2.98. The maximum Gasteiger partial charge on any atom is 0.0807 e. The van der Waals surface area contributed by atoms with Crippen LogP contribution in [0.15, 0.2) is 24.3 Å². The van der Waals surface area contributed by atoms with E-state index < -0.39 is 0 Å². The maximum absolute atomic E-state index is 10.1. The molecule has 3 rings (SSSR count). The lowest BCUT2D eigenvalue weighted by atomic mass is 9.95. The van der Waals surface area contributed by atoms with Crippen molar-refractivity contribution in [1.29, 1.82) is 0 Å². The molecule has 2 nitrogen and oxygen atoms in total. The molecule has 0 fully saturated rings. The Balaban J connectivity index is 2.20. The fourth-order valence-electron chi connectivity index (χ4n) is 3.27. The summed E-state index contributed by atoms with van der Waals surface area (Å²) >= 11 is 0. The van der Waals surface area contributed by atoms with E-state index >= 15 is 0 Å². The first kappa shape index (κ1) is 12.5. The molecule has 1 unspecified atom stereocenters. The number of aromatic nitrogens is 1. The smallest absolute Gasteiger partial charge is 0.0807 e. The standard InChI is InChI=1S/C17H21NO/c1-11-7-8-15(12(2)9-11)18-13(3)10-14-16(18)5-4-6-17(14)19/h7-10,17,19H,4-6H2,1-3H3. The van der Waals surface area contributed by atoms with E-state index in [-0.39, 0.29) is 6.10 Å². The van der Waals surface area contributed by atoms with Crippen molar-refractivity contribution < 1.29 is 5.11 Å². The highest BCUT2D eigenvalue weighted by molar-refractivity contribution is 5.48. The van der Waals surface area contributed by atoms with Gasteiger partial charge in [0.1, 0.15) is 0 Å². The number of hydrogen-bond acceptors (Lipinski definition) is 1. The number of hydrogen-bond donors (Lipinski definition) is 1. The summed E-state index contributed by atoms with van der Waals surface area (Å²) in [6, 6.07) is 8.73. The predicted molar refractivity (Wildman–Crippen MR) is 77.9 cm³/mol. The first-order valence-electron chi connectivity index (χ1n) is 7.04. The van der Waals surface area contributed by atoms with E-state index in [9.17, 15) is 5.11 Å². The molecule has 0 spiro atoms. The van der Waals surface area contributed by atoms with Crippen LogP contribution in [-0.4, -0.2) is 9.67 Å². The van der Waals surface area contributed by atoms with Crippen LogP contribution in [0.25, 0.3) is 5.69 Å². The predicted octanol–water partition coefficient (Wildman–Crippen LogP) is 3.77. The second-order valence-electron chi connectivity index (χ2n) is 5.72. The molecule has 1 aromatic heterocycles. The summed E-state index contributed by atoms with van der Waals surface area (Å²) in [4.78, 5) is 0. The molecule has 19 heavy (non-hydrogen) atoms. The van der Waals surface area contributed by atoms with Crippen LogP contribution in [-0.2, 0) is 6.42 Å². The summed E-state index contributed by atoms with van der Waals surface area (Å²) in [5, 5.41) is 10.1. The number of fused-ring (bicyclic) bond motifs is 1. The molecule has 1 atom stereocenters. The highest BCUT2D eigenvalue weighted by atomic mass is 16.3. The molecule has 0 radical (unpaired) electrons. The number of aliphatic hydroxyl groups excluding tert-OH is 1. The molecule has 0 aliphatic heterocycles. The van der Waals surface area contributed by atoms with Gasteiger partial charge in [-0.3, -0.25) is 0 Å². The summed E-state index contributed by atoms with van der Waals surface area (Å²) in [5.74, 6) is 0. The van der Waals surface area contributed by atoms with Gasteiger partial charge in [0, 0.05) is 22.6 Å². The molecule has 1 N–H and O–H groups in total. The first-order chi connectivity index (χ1) is 9.08. The Hall–Kier alpha value is -1.54. The Morgan fingerprint density at radius 3 is 2.68 bits per heavy atom. The van der Waals surface area contributed by atoms with Gasteiger partial charge in [0.05, 0.1) is 6.10 Å². The second-order valence-corrected chi connectivity index (χ2v) is 5.72. The topological polar surface area (TPSA) is 25.2 Å². The normalized spacial score (nSPS) is 18.4. The average Bonchev–Trinajstić information content (AvgIpc) is 2.68. The summed E-state index contributed by atoms with van der Waals surface area (Å²) in [6.07, 6.45) is 2.74. The van der Waals surface area contributed by atoms with Crippen molar-refractivity contribution in [3.63, 3.8) is 0 Å². The molecule has 2 heteroatoms. The van der Waals surface area contributed by atoms with Crippen molar-refractivity contribution in [2.75, 3.05) is 0 Å². The number of benzene rings is 1. The summed E-state index contributed by atoms with van der Waals surface area (Å²) in [6.45, 7) is 6.41. The average molecular weight is 255 g/mol. The van der Waals surface area contributed by atoms with Crippen molar-refractivity contribution in [3.05, 3.63) is 52.3 Å². The van der Waals surface area contributed by atoms with Crippen molar-refractivity contribution in [2.45, 2.75) is 46.1 Å². The van der Waals surface area contributed by atoms with Crippen LogP contribution in [0.4, 0.5) is 0 Å². The monoisotopic (exact) mass is 255 g/mol. The molecular weight excluding hydrogens is 234 g/mol. The van der Waals surface area contributed by atoms with Crippen molar-refractivity contribution in [2.24, 2.45) is 0 Å². The van der Waals surface area contributed by atoms with Crippen molar-refractivity contribution >= 4 is 0 Å². The number of rotatable bonds is 1. The first-order valence-corrected chi connectivity index (χ1v) is 7.04. The molecular formula is C17H21NO. The number of aryl methyl sites for hydroxylation is 3. The van der Waals surface area contributed by atoms with E-state index in [1.54, 1.807) is 0 Å². The van der Waals surface area contributed by atoms with Crippen LogP contribution in [0.3, 0.4) is 0 Å². The van der Waals surface area contributed by atoms with Gasteiger partial charge in [0.15, 0.2) is 0 Å². The van der Waals surface area contributed by atoms with Crippen molar-refractivity contribution in [3.8, 4) is 5.69 Å². The zero-order chi connectivity index (χ0) is 13.6. The van der Waals surface area contributed by atoms with Crippen LogP contribution in [0.1, 0.15) is 47.0 Å². The zero-order valence-electron chi connectivity index (χ0n) is 11.9. The largest absolute Gasteiger partial charge is 0.388 e. The molecule has 100 valence electrons. The lowest BCUT2D eigenvalue weighted by Crippen LogP contribution is -2.12. The molecule has 2 aromatic rings. The van der Waals surface area contributed by atoms with E-state index in [2.05, 4.69) is 49.6 Å². The quantitative estimate of drug-likeness (QED) is 0.824. The number of nitrogens with zero attached hydrogens (tertiary/aromatic N) is 1. The third kappa shape index (κ3) is 2.00. The summed E-state index contributed by atoms with van der Waals surface area (Å²) in [5.41, 5.74) is 7.48. The molecule has 1 aliphatic rings. The third-order valence-corrected chi connectivity index (χ3v) is 4.16. The fraction of sp³-hybridized carbons (Fsp3) is 0.412. The van der Waals surface area contributed by atoms with Crippen LogP contribution >= 0.6 is 0 Å². The molecule has 0 bridgehead atoms. The van der Waals surface area contributed by atoms with Crippen LogP contribution in [0.2, 0.25) is 0 Å². The fourth-order valence-corrected chi connectivity index (χ4v) is 3.27.